The van der Waals surface area contributed by atoms with Crippen LogP contribution in [0, 0.1) is 0 Å². The van der Waals surface area contributed by atoms with Crippen molar-refractivity contribution < 1.29 is 14.3 Å². The Morgan fingerprint density at radius 2 is 1.82 bits per heavy atom. The monoisotopic (exact) mass is 380 g/mol. The highest BCUT2D eigenvalue weighted by molar-refractivity contribution is 5.95. The second kappa shape index (κ2) is 7.34. The molecule has 0 atom stereocenters. The highest BCUT2D eigenvalue weighted by Gasteiger charge is 2.21. The van der Waals surface area contributed by atoms with Gasteiger partial charge in [-0.1, -0.05) is 12.1 Å². The van der Waals surface area contributed by atoms with Gasteiger partial charge in [-0.25, -0.2) is 9.31 Å². The van der Waals surface area contributed by atoms with Crippen molar-refractivity contribution in [3.05, 3.63) is 54.4 Å². The number of nitrogens with one attached hydrogen (secondary N) is 1. The minimum absolute atomic E-state index is 0.132. The summed E-state index contributed by atoms with van der Waals surface area (Å²) in [4.78, 5) is 25.6. The number of rotatable bonds is 3. The largest absolute Gasteiger partial charge is 0.443 e. The zero-order valence-corrected chi connectivity index (χ0v) is 16.7. The number of aromatic nitrogens is 2. The Labute approximate surface area is 163 Å². The second-order valence-electron chi connectivity index (χ2n) is 7.47. The molecule has 0 fully saturated rings. The van der Waals surface area contributed by atoms with E-state index in [4.69, 9.17) is 4.74 Å². The molecule has 0 radical (unpaired) electrons. The van der Waals surface area contributed by atoms with E-state index in [0.29, 0.717) is 11.3 Å². The first-order valence-electron chi connectivity index (χ1n) is 8.96. The van der Waals surface area contributed by atoms with Crippen LogP contribution in [-0.4, -0.2) is 41.3 Å². The number of anilines is 1. The summed E-state index contributed by atoms with van der Waals surface area (Å²) < 4.78 is 7.18. The topological polar surface area (TPSA) is 75.9 Å². The molecule has 2 heterocycles. The quantitative estimate of drug-likeness (QED) is 0.751. The number of hydrogen-bond acceptors (Lipinski definition) is 4. The van der Waals surface area contributed by atoms with Crippen LogP contribution in [0.1, 0.15) is 31.1 Å². The molecule has 0 saturated heterocycles. The second-order valence-corrected chi connectivity index (χ2v) is 7.47. The minimum atomic E-state index is -0.566. The number of nitrogens with zero attached hydrogens (tertiary/aromatic N) is 3. The molecular weight excluding hydrogens is 356 g/mol. The summed E-state index contributed by atoms with van der Waals surface area (Å²) in [5.74, 6) is -0.132. The zero-order chi connectivity index (χ0) is 20.5. The van der Waals surface area contributed by atoms with Gasteiger partial charge in [0, 0.05) is 31.4 Å². The standard InChI is InChI=1S/C21H24N4O3/c1-21(2,3)28-20(27)24(5)16-10-11-25-18(12-16)17(13-23-25)14-6-8-15(9-7-14)19(26)22-4/h6-13H,1-5H3,(H,22,26). The van der Waals surface area contributed by atoms with Crippen molar-refractivity contribution in [2.45, 2.75) is 26.4 Å². The molecule has 1 N–H and O–H groups in total. The number of amides is 2. The molecule has 0 bridgehead atoms. The maximum atomic E-state index is 12.4. The minimum Gasteiger partial charge on any atom is -0.443 e. The van der Waals surface area contributed by atoms with Gasteiger partial charge in [0.1, 0.15) is 5.60 Å². The van der Waals surface area contributed by atoms with Gasteiger partial charge in [0.05, 0.1) is 17.4 Å². The molecule has 0 spiro atoms. The fourth-order valence-corrected chi connectivity index (χ4v) is 2.78. The van der Waals surface area contributed by atoms with Gasteiger partial charge in [-0.15, -0.1) is 0 Å². The molecule has 2 amide bonds. The number of pyridine rings is 1. The third kappa shape index (κ3) is 3.98. The van der Waals surface area contributed by atoms with E-state index >= 15 is 0 Å². The van der Waals surface area contributed by atoms with E-state index < -0.39 is 11.7 Å². The Bertz CT molecular complexity index is 1020. The first kappa shape index (κ1) is 19.4. The average molecular weight is 380 g/mol. The third-order valence-corrected chi connectivity index (χ3v) is 4.24. The average Bonchev–Trinajstić information content (AvgIpc) is 3.08. The molecule has 3 aromatic rings. The van der Waals surface area contributed by atoms with Crippen molar-refractivity contribution in [2.75, 3.05) is 19.0 Å². The number of fused-ring (bicyclic) bond motifs is 1. The summed E-state index contributed by atoms with van der Waals surface area (Å²) in [5.41, 5.74) is 3.41. The van der Waals surface area contributed by atoms with Gasteiger partial charge >= 0.3 is 6.09 Å². The van der Waals surface area contributed by atoms with Crippen molar-refractivity contribution in [2.24, 2.45) is 0 Å². The van der Waals surface area contributed by atoms with E-state index in [1.807, 2.05) is 45.0 Å². The van der Waals surface area contributed by atoms with Gasteiger partial charge in [0.2, 0.25) is 0 Å². The number of hydrogen-bond donors (Lipinski definition) is 1. The molecule has 7 nitrogen and oxygen atoms in total. The Morgan fingerprint density at radius 1 is 1.14 bits per heavy atom. The number of carbonyl (C=O) groups excluding carboxylic acids is 2. The van der Waals surface area contributed by atoms with Crippen molar-refractivity contribution in [3.8, 4) is 11.1 Å². The Balaban J connectivity index is 1.94. The van der Waals surface area contributed by atoms with Crippen molar-refractivity contribution in [1.29, 1.82) is 0 Å². The highest BCUT2D eigenvalue weighted by Crippen LogP contribution is 2.28. The summed E-state index contributed by atoms with van der Waals surface area (Å²) in [6, 6.07) is 11.0. The summed E-state index contributed by atoms with van der Waals surface area (Å²) in [5, 5.41) is 6.98. The van der Waals surface area contributed by atoms with Crippen LogP contribution in [0.4, 0.5) is 10.5 Å². The molecule has 0 saturated carbocycles. The predicted molar refractivity (Wildman–Crippen MR) is 109 cm³/mol. The molecule has 0 aliphatic rings. The zero-order valence-electron chi connectivity index (χ0n) is 16.7. The summed E-state index contributed by atoms with van der Waals surface area (Å²) in [6.07, 6.45) is 3.14. The van der Waals surface area contributed by atoms with Gasteiger partial charge in [-0.3, -0.25) is 9.69 Å². The molecular formula is C21H24N4O3. The smallest absolute Gasteiger partial charge is 0.414 e. The van der Waals surface area contributed by atoms with Gasteiger partial charge < -0.3 is 10.1 Å². The van der Waals surface area contributed by atoms with E-state index in [9.17, 15) is 9.59 Å². The molecule has 2 aromatic heterocycles. The maximum absolute atomic E-state index is 12.4. The highest BCUT2D eigenvalue weighted by atomic mass is 16.6. The van der Waals surface area contributed by atoms with Crippen LogP contribution < -0.4 is 10.2 Å². The van der Waals surface area contributed by atoms with Crippen LogP contribution in [-0.2, 0) is 4.74 Å². The van der Waals surface area contributed by atoms with Crippen LogP contribution in [0.5, 0.6) is 0 Å². The Kier molecular flexibility index (Phi) is 5.09. The van der Waals surface area contributed by atoms with E-state index in [-0.39, 0.29) is 5.91 Å². The third-order valence-electron chi connectivity index (χ3n) is 4.24. The fourth-order valence-electron chi connectivity index (χ4n) is 2.78. The maximum Gasteiger partial charge on any atom is 0.414 e. The Morgan fingerprint density at radius 3 is 2.43 bits per heavy atom. The number of ether oxygens (including phenoxy) is 1. The van der Waals surface area contributed by atoms with Crippen LogP contribution in [0.15, 0.2) is 48.8 Å². The Hall–Kier alpha value is -3.35. The summed E-state index contributed by atoms with van der Waals surface area (Å²) in [6.45, 7) is 5.50. The molecule has 0 unspecified atom stereocenters. The summed E-state index contributed by atoms with van der Waals surface area (Å²) >= 11 is 0. The van der Waals surface area contributed by atoms with Gasteiger partial charge in [0.25, 0.3) is 5.91 Å². The van der Waals surface area contributed by atoms with Crippen LogP contribution in [0.2, 0.25) is 0 Å². The molecule has 28 heavy (non-hydrogen) atoms. The first-order chi connectivity index (χ1) is 13.2. The first-order valence-corrected chi connectivity index (χ1v) is 8.96. The van der Waals surface area contributed by atoms with E-state index in [0.717, 1.165) is 16.6 Å². The molecule has 0 aliphatic carbocycles. The molecule has 7 heteroatoms. The van der Waals surface area contributed by atoms with Crippen LogP contribution in [0.3, 0.4) is 0 Å². The van der Waals surface area contributed by atoms with Crippen LogP contribution >= 0.6 is 0 Å². The number of carbonyl (C=O) groups is 2. The summed E-state index contributed by atoms with van der Waals surface area (Å²) in [7, 11) is 3.28. The van der Waals surface area contributed by atoms with E-state index in [2.05, 4.69) is 10.4 Å². The van der Waals surface area contributed by atoms with Crippen molar-refractivity contribution in [1.82, 2.24) is 14.9 Å². The van der Waals surface area contributed by atoms with E-state index in [1.54, 1.807) is 43.1 Å². The van der Waals surface area contributed by atoms with E-state index in [1.165, 1.54) is 4.90 Å². The lowest BCUT2D eigenvalue weighted by atomic mass is 10.0. The molecule has 1 aromatic carbocycles. The molecule has 3 rings (SSSR count). The molecule has 0 aliphatic heterocycles. The lowest BCUT2D eigenvalue weighted by Gasteiger charge is -2.24. The molecule has 146 valence electrons. The SMILES string of the molecule is CNC(=O)c1ccc(-c2cnn3ccc(N(C)C(=O)OC(C)(C)C)cc23)cc1. The van der Waals surface area contributed by atoms with Gasteiger partial charge in [-0.05, 0) is 50.6 Å². The number of benzene rings is 1. The predicted octanol–water partition coefficient (Wildman–Crippen LogP) is 3.73. The van der Waals surface area contributed by atoms with Gasteiger partial charge in [-0.2, -0.15) is 5.10 Å². The van der Waals surface area contributed by atoms with Gasteiger partial charge in [0.15, 0.2) is 0 Å². The lowest BCUT2D eigenvalue weighted by Crippen LogP contribution is -2.34. The lowest BCUT2D eigenvalue weighted by molar-refractivity contribution is 0.0589. The van der Waals surface area contributed by atoms with Crippen molar-refractivity contribution in [3.63, 3.8) is 0 Å². The van der Waals surface area contributed by atoms with Crippen molar-refractivity contribution >= 4 is 23.2 Å². The van der Waals surface area contributed by atoms with Crippen LogP contribution in [0.25, 0.3) is 16.6 Å². The normalized spacial score (nSPS) is 11.3. The fraction of sp³-hybridized carbons (Fsp3) is 0.286.